The van der Waals surface area contributed by atoms with Crippen molar-refractivity contribution in [3.8, 4) is 0 Å². The van der Waals surface area contributed by atoms with Gasteiger partial charge in [0.1, 0.15) is 4.88 Å². The van der Waals surface area contributed by atoms with Crippen LogP contribution in [0.3, 0.4) is 0 Å². The normalized spacial score (nSPS) is 18.9. The van der Waals surface area contributed by atoms with Crippen LogP contribution in [0.1, 0.15) is 41.8 Å². The van der Waals surface area contributed by atoms with E-state index in [9.17, 15) is 4.79 Å². The molecule has 6 heteroatoms. The van der Waals surface area contributed by atoms with E-state index in [2.05, 4.69) is 14.9 Å². The number of carbonyl (C=O) groups excluding carboxylic acids is 1. The maximum absolute atomic E-state index is 11.8. The molecule has 1 aliphatic rings. The Morgan fingerprint density at radius 1 is 1.47 bits per heavy atom. The maximum Gasteiger partial charge on any atom is 0.264 e. The van der Waals surface area contributed by atoms with Crippen LogP contribution in [0.15, 0.2) is 6.20 Å². The molecular weight excluding hydrogens is 258 g/mol. The Balaban J connectivity index is 1.89. The predicted octanol–water partition coefficient (Wildman–Crippen LogP) is 2.46. The van der Waals surface area contributed by atoms with E-state index < -0.39 is 0 Å². The van der Waals surface area contributed by atoms with Crippen LogP contribution in [-0.2, 0) is 0 Å². The summed E-state index contributed by atoms with van der Waals surface area (Å²) in [5.74, 6) is 0.531. The Kier molecular flexibility index (Phi) is 4.34. The predicted molar refractivity (Wildman–Crippen MR) is 68.5 cm³/mol. The van der Waals surface area contributed by atoms with Crippen LogP contribution in [0, 0.1) is 5.41 Å². The summed E-state index contributed by atoms with van der Waals surface area (Å²) in [6.07, 6.45) is 7.42. The lowest BCUT2D eigenvalue weighted by Crippen LogP contribution is -2.40. The van der Waals surface area contributed by atoms with E-state index in [1.165, 1.54) is 25.5 Å². The molecule has 1 amide bonds. The summed E-state index contributed by atoms with van der Waals surface area (Å²) in [5, 5.41) is 6.61. The van der Waals surface area contributed by atoms with Crippen LogP contribution in [0.5, 0.6) is 0 Å². The summed E-state index contributed by atoms with van der Waals surface area (Å²) < 4.78 is 3.68. The summed E-state index contributed by atoms with van der Waals surface area (Å²) in [4.78, 5) is 12.3. The van der Waals surface area contributed by atoms with Crippen molar-refractivity contribution in [2.75, 3.05) is 12.4 Å². The third-order valence-electron chi connectivity index (χ3n) is 3.41. The van der Waals surface area contributed by atoms with Gasteiger partial charge in [0.05, 0.1) is 6.20 Å². The van der Waals surface area contributed by atoms with Crippen LogP contribution in [0.25, 0.3) is 0 Å². The molecule has 0 spiro atoms. The van der Waals surface area contributed by atoms with Gasteiger partial charge in [-0.3, -0.25) is 4.79 Å². The lowest BCUT2D eigenvalue weighted by Gasteiger charge is -2.35. The van der Waals surface area contributed by atoms with Gasteiger partial charge >= 0.3 is 0 Å². The smallest absolute Gasteiger partial charge is 0.264 e. The maximum atomic E-state index is 11.8. The first-order valence-electron chi connectivity index (χ1n) is 5.87. The van der Waals surface area contributed by atoms with E-state index in [1.54, 1.807) is 0 Å². The second-order valence-corrected chi connectivity index (χ2v) is 5.71. The van der Waals surface area contributed by atoms with E-state index in [0.29, 0.717) is 17.3 Å². The van der Waals surface area contributed by atoms with Gasteiger partial charge < -0.3 is 5.32 Å². The highest BCUT2D eigenvalue weighted by molar-refractivity contribution is 7.07. The summed E-state index contributed by atoms with van der Waals surface area (Å²) in [5.41, 5.74) is 0.0909. The fraction of sp³-hybridized carbons (Fsp3) is 0.727. The largest absolute Gasteiger partial charge is 0.351 e. The molecule has 1 aromatic rings. The zero-order valence-electron chi connectivity index (χ0n) is 9.62. The van der Waals surface area contributed by atoms with Crippen LogP contribution < -0.4 is 5.32 Å². The quantitative estimate of drug-likeness (QED) is 0.858. The van der Waals surface area contributed by atoms with Crippen molar-refractivity contribution < 1.29 is 4.79 Å². The minimum atomic E-state index is -0.0879. The molecule has 0 saturated heterocycles. The Labute approximate surface area is 110 Å². The summed E-state index contributed by atoms with van der Waals surface area (Å²) >= 11 is 7.19. The van der Waals surface area contributed by atoms with Crippen LogP contribution in [0.4, 0.5) is 0 Å². The number of hydrogen-bond donors (Lipinski definition) is 1. The van der Waals surface area contributed by atoms with E-state index in [1.807, 2.05) is 0 Å². The molecule has 1 N–H and O–H groups in total. The molecule has 1 saturated carbocycles. The number of rotatable bonds is 4. The zero-order chi connectivity index (χ0) is 12.1. The number of halogens is 1. The van der Waals surface area contributed by atoms with E-state index in [-0.39, 0.29) is 11.3 Å². The van der Waals surface area contributed by atoms with Gasteiger partial charge in [-0.1, -0.05) is 23.8 Å². The van der Waals surface area contributed by atoms with E-state index in [0.717, 1.165) is 24.4 Å². The molecule has 0 radical (unpaired) electrons. The van der Waals surface area contributed by atoms with Gasteiger partial charge in [0.15, 0.2) is 0 Å². The molecule has 0 bridgehead atoms. The number of hydrogen-bond acceptors (Lipinski definition) is 4. The Morgan fingerprint density at radius 2 is 2.24 bits per heavy atom. The SMILES string of the molecule is O=C(NCC1(CCl)CCCCC1)c1cnns1. The van der Waals surface area contributed by atoms with Crippen LogP contribution in [0.2, 0.25) is 0 Å². The molecule has 0 aromatic carbocycles. The number of aromatic nitrogens is 2. The molecule has 1 aliphatic carbocycles. The molecule has 2 rings (SSSR count). The lowest BCUT2D eigenvalue weighted by molar-refractivity contribution is 0.0925. The fourth-order valence-electron chi connectivity index (χ4n) is 2.28. The second-order valence-electron chi connectivity index (χ2n) is 4.66. The van der Waals surface area contributed by atoms with Gasteiger partial charge in [-0.2, -0.15) is 0 Å². The fourth-order valence-corrected chi connectivity index (χ4v) is 3.07. The molecule has 4 nitrogen and oxygen atoms in total. The zero-order valence-corrected chi connectivity index (χ0v) is 11.2. The molecule has 94 valence electrons. The van der Waals surface area contributed by atoms with E-state index >= 15 is 0 Å². The topological polar surface area (TPSA) is 54.9 Å². The number of carbonyl (C=O) groups is 1. The Bertz CT molecular complexity index is 363. The molecule has 17 heavy (non-hydrogen) atoms. The van der Waals surface area contributed by atoms with Crippen LogP contribution >= 0.6 is 23.1 Å². The van der Waals surface area contributed by atoms with Crippen molar-refractivity contribution in [2.45, 2.75) is 32.1 Å². The third-order valence-corrected chi connectivity index (χ3v) is 4.64. The van der Waals surface area contributed by atoms with Gasteiger partial charge in [0.2, 0.25) is 0 Å². The van der Waals surface area contributed by atoms with Gasteiger partial charge in [-0.05, 0) is 24.4 Å². The minimum absolute atomic E-state index is 0.0879. The molecule has 1 fully saturated rings. The first kappa shape index (κ1) is 12.8. The van der Waals surface area contributed by atoms with Crippen LogP contribution in [-0.4, -0.2) is 27.9 Å². The monoisotopic (exact) mass is 273 g/mol. The summed E-state index contributed by atoms with van der Waals surface area (Å²) in [6.45, 7) is 0.660. The van der Waals surface area contributed by atoms with Crippen molar-refractivity contribution in [3.05, 3.63) is 11.1 Å². The Hall–Kier alpha value is -0.680. The standard InChI is InChI=1S/C11H16ClN3OS/c12-7-11(4-2-1-3-5-11)8-13-10(16)9-6-14-15-17-9/h6H,1-5,7-8H2,(H,13,16). The van der Waals surface area contributed by atoms with Gasteiger partial charge in [-0.25, -0.2) is 0 Å². The van der Waals surface area contributed by atoms with Crippen molar-refractivity contribution in [3.63, 3.8) is 0 Å². The third kappa shape index (κ3) is 3.16. The molecule has 1 heterocycles. The number of amides is 1. The summed E-state index contributed by atoms with van der Waals surface area (Å²) in [6, 6.07) is 0. The highest BCUT2D eigenvalue weighted by atomic mass is 35.5. The van der Waals surface area contributed by atoms with Gasteiger partial charge in [-0.15, -0.1) is 16.7 Å². The number of nitrogens with zero attached hydrogens (tertiary/aromatic N) is 2. The summed E-state index contributed by atoms with van der Waals surface area (Å²) in [7, 11) is 0. The lowest BCUT2D eigenvalue weighted by atomic mass is 9.75. The van der Waals surface area contributed by atoms with Crippen molar-refractivity contribution in [1.29, 1.82) is 0 Å². The molecule has 0 aliphatic heterocycles. The Morgan fingerprint density at radius 3 is 2.82 bits per heavy atom. The van der Waals surface area contributed by atoms with Crippen molar-refractivity contribution in [1.82, 2.24) is 14.9 Å². The van der Waals surface area contributed by atoms with Gasteiger partial charge in [0, 0.05) is 17.8 Å². The van der Waals surface area contributed by atoms with E-state index in [4.69, 9.17) is 11.6 Å². The molecule has 0 atom stereocenters. The molecular formula is C11H16ClN3OS. The highest BCUT2D eigenvalue weighted by Crippen LogP contribution is 2.36. The number of alkyl halides is 1. The first-order valence-corrected chi connectivity index (χ1v) is 7.18. The first-order chi connectivity index (χ1) is 8.26. The number of nitrogens with one attached hydrogen (secondary N) is 1. The second kappa shape index (κ2) is 5.78. The van der Waals surface area contributed by atoms with Crippen molar-refractivity contribution in [2.24, 2.45) is 5.41 Å². The molecule has 1 aromatic heterocycles. The van der Waals surface area contributed by atoms with Gasteiger partial charge in [0.25, 0.3) is 5.91 Å². The average Bonchev–Trinajstić information content (AvgIpc) is 2.91. The van der Waals surface area contributed by atoms with Crippen molar-refractivity contribution >= 4 is 29.0 Å². The minimum Gasteiger partial charge on any atom is -0.351 e. The highest BCUT2D eigenvalue weighted by Gasteiger charge is 2.31. The molecule has 0 unspecified atom stereocenters. The average molecular weight is 274 g/mol.